The predicted octanol–water partition coefficient (Wildman–Crippen LogP) is 18.9. The molecule has 6 nitrogen and oxygen atoms in total. The van der Waals surface area contributed by atoms with E-state index < -0.39 is 6.10 Å². The van der Waals surface area contributed by atoms with Crippen LogP contribution in [0.4, 0.5) is 0 Å². The number of hydrogen-bond donors (Lipinski definition) is 0. The molecule has 0 saturated heterocycles. The van der Waals surface area contributed by atoms with Gasteiger partial charge in [0.25, 0.3) is 0 Å². The van der Waals surface area contributed by atoms with Gasteiger partial charge in [0, 0.05) is 19.3 Å². The molecule has 6 heteroatoms. The number of rotatable bonds is 49. The van der Waals surface area contributed by atoms with Gasteiger partial charge in [-0.1, -0.05) is 219 Å². The van der Waals surface area contributed by atoms with Crippen LogP contribution in [0.25, 0.3) is 0 Å². The Balaban J connectivity index is 4.57. The molecule has 0 aromatic rings. The van der Waals surface area contributed by atoms with E-state index in [0.717, 1.165) is 128 Å². The lowest BCUT2D eigenvalue weighted by Gasteiger charge is -2.18. The van der Waals surface area contributed by atoms with E-state index in [1.165, 1.54) is 64.2 Å². The first-order valence-corrected chi connectivity index (χ1v) is 28.0. The summed E-state index contributed by atoms with van der Waals surface area (Å²) in [5, 5.41) is 0. The molecule has 0 aromatic heterocycles. The number of carbonyl (C=O) groups excluding carboxylic acids is 3. The minimum absolute atomic E-state index is 0.117. The van der Waals surface area contributed by atoms with Crippen LogP contribution in [0.1, 0.15) is 239 Å². The number of unbranched alkanes of at least 4 members (excludes halogenated alkanes) is 18. The fraction of sp³-hybridized carbons (Fsp3) is 0.635. The zero-order valence-electron chi connectivity index (χ0n) is 44.5. The lowest BCUT2D eigenvalue weighted by molar-refractivity contribution is -0.166. The molecular weight excluding hydrogens is 853 g/mol. The molecule has 0 aliphatic carbocycles. The molecule has 0 aromatic carbocycles. The summed E-state index contributed by atoms with van der Waals surface area (Å²) < 4.78 is 16.8. The highest BCUT2D eigenvalue weighted by atomic mass is 16.6. The van der Waals surface area contributed by atoms with Crippen LogP contribution in [0.5, 0.6) is 0 Å². The summed E-state index contributed by atoms with van der Waals surface area (Å²) in [5.74, 6) is -1.03. The lowest BCUT2D eigenvalue weighted by atomic mass is 10.1. The maximum absolute atomic E-state index is 12.8. The highest BCUT2D eigenvalue weighted by molar-refractivity contribution is 5.71. The van der Waals surface area contributed by atoms with E-state index in [2.05, 4.69) is 130 Å². The first-order valence-electron chi connectivity index (χ1n) is 28.0. The van der Waals surface area contributed by atoms with Crippen molar-refractivity contribution in [3.8, 4) is 0 Å². The minimum Gasteiger partial charge on any atom is -0.462 e. The molecule has 0 N–H and O–H groups in total. The summed E-state index contributed by atoms with van der Waals surface area (Å²) in [5.41, 5.74) is 0. The van der Waals surface area contributed by atoms with Crippen LogP contribution in [0.2, 0.25) is 0 Å². The van der Waals surface area contributed by atoms with Crippen LogP contribution in [0, 0.1) is 0 Å². The summed E-state index contributed by atoms with van der Waals surface area (Å²) in [6.07, 6.45) is 77.6. The van der Waals surface area contributed by atoms with E-state index in [1.807, 2.05) is 12.2 Å². The normalized spacial score (nSPS) is 13.0. The maximum atomic E-state index is 12.8. The van der Waals surface area contributed by atoms with Crippen molar-refractivity contribution in [3.63, 3.8) is 0 Å². The number of ether oxygens (including phenoxy) is 3. The molecule has 0 saturated carbocycles. The Hall–Kier alpha value is -4.19. The molecule has 0 aliphatic rings. The van der Waals surface area contributed by atoms with Crippen LogP contribution in [-0.2, 0) is 28.6 Å². The Morgan fingerprint density at radius 3 is 0.971 bits per heavy atom. The molecule has 0 radical (unpaired) electrons. The van der Waals surface area contributed by atoms with Gasteiger partial charge in [-0.15, -0.1) is 0 Å². The van der Waals surface area contributed by atoms with Crippen molar-refractivity contribution in [3.05, 3.63) is 122 Å². The van der Waals surface area contributed by atoms with Gasteiger partial charge in [-0.2, -0.15) is 0 Å². The van der Waals surface area contributed by atoms with Crippen LogP contribution >= 0.6 is 0 Å². The van der Waals surface area contributed by atoms with Crippen molar-refractivity contribution in [2.24, 2.45) is 0 Å². The molecule has 69 heavy (non-hydrogen) atoms. The summed E-state index contributed by atoms with van der Waals surface area (Å²) in [6, 6.07) is 0. The first-order chi connectivity index (χ1) is 34.0. The fourth-order valence-electron chi connectivity index (χ4n) is 7.23. The van der Waals surface area contributed by atoms with Crippen molar-refractivity contribution in [2.45, 2.75) is 245 Å². The fourth-order valence-corrected chi connectivity index (χ4v) is 7.23. The molecule has 0 heterocycles. The second-order valence-corrected chi connectivity index (χ2v) is 18.1. The molecule has 0 fully saturated rings. The number of hydrogen-bond acceptors (Lipinski definition) is 6. The van der Waals surface area contributed by atoms with E-state index in [0.29, 0.717) is 12.8 Å². The Labute approximate surface area is 424 Å². The van der Waals surface area contributed by atoms with Gasteiger partial charge < -0.3 is 14.2 Å². The SMILES string of the molecule is CC/C=C\C/C=C\C/C=C\C/C=C\C/C=C\C/C=C\CCC(=O)OCC(COC(=O)CCCCCCC/C=C\C/C=C\CCCCCC)OC(=O)CCCCCCC/C=C\C/C=C\CCCCCC. The van der Waals surface area contributed by atoms with Crippen molar-refractivity contribution < 1.29 is 28.6 Å². The smallest absolute Gasteiger partial charge is 0.306 e. The zero-order chi connectivity index (χ0) is 50.0. The monoisotopic (exact) mass is 955 g/mol. The molecule has 390 valence electrons. The third kappa shape index (κ3) is 54.6. The lowest BCUT2D eigenvalue weighted by Crippen LogP contribution is -2.30. The average molecular weight is 956 g/mol. The van der Waals surface area contributed by atoms with Gasteiger partial charge in [0.05, 0.1) is 0 Å². The third-order valence-electron chi connectivity index (χ3n) is 11.4. The largest absolute Gasteiger partial charge is 0.462 e. The standard InChI is InChI=1S/C63H102O6/c1-4-7-10-13-16-19-22-25-28-31-32-33-36-38-41-44-47-50-53-56-62(65)68-59-60(69-63(66)57-54-51-48-45-42-39-35-30-27-24-21-18-15-12-9-6-3)58-67-61(64)55-52-49-46-43-40-37-34-29-26-23-20-17-14-11-8-5-2/h7,10,16,19-21,23-25,28-30,32-35,38,41,47,50,60H,4-6,8-9,11-15,17-18,22,26-27,31,36-37,39-40,42-46,48-49,51-59H2,1-3H3/b10-7-,19-16-,23-20-,24-21-,28-25-,33-32-,34-29-,35-30-,41-38-,50-47-. The van der Waals surface area contributed by atoms with Crippen LogP contribution in [0.3, 0.4) is 0 Å². The second kappa shape index (κ2) is 56.4. The highest BCUT2D eigenvalue weighted by Crippen LogP contribution is 2.13. The minimum atomic E-state index is -0.826. The summed E-state index contributed by atoms with van der Waals surface area (Å²) in [7, 11) is 0. The van der Waals surface area contributed by atoms with E-state index in [-0.39, 0.29) is 44.0 Å². The molecule has 0 aliphatic heterocycles. The highest BCUT2D eigenvalue weighted by Gasteiger charge is 2.19. The van der Waals surface area contributed by atoms with E-state index in [4.69, 9.17) is 14.2 Å². The van der Waals surface area contributed by atoms with Gasteiger partial charge in [-0.25, -0.2) is 0 Å². The maximum Gasteiger partial charge on any atom is 0.306 e. The van der Waals surface area contributed by atoms with Crippen molar-refractivity contribution in [1.29, 1.82) is 0 Å². The topological polar surface area (TPSA) is 78.9 Å². The first kappa shape index (κ1) is 64.8. The van der Waals surface area contributed by atoms with Crippen LogP contribution < -0.4 is 0 Å². The predicted molar refractivity (Wildman–Crippen MR) is 297 cm³/mol. The van der Waals surface area contributed by atoms with Crippen LogP contribution in [0.15, 0.2) is 122 Å². The van der Waals surface area contributed by atoms with E-state index in [1.54, 1.807) is 0 Å². The van der Waals surface area contributed by atoms with Crippen LogP contribution in [-0.4, -0.2) is 37.2 Å². The van der Waals surface area contributed by atoms with Crippen molar-refractivity contribution in [1.82, 2.24) is 0 Å². The second-order valence-electron chi connectivity index (χ2n) is 18.1. The number of carbonyl (C=O) groups is 3. The van der Waals surface area contributed by atoms with Gasteiger partial charge >= 0.3 is 17.9 Å². The Kier molecular flexibility index (Phi) is 53.0. The summed E-state index contributed by atoms with van der Waals surface area (Å²) >= 11 is 0. The van der Waals surface area contributed by atoms with E-state index in [9.17, 15) is 14.4 Å². The van der Waals surface area contributed by atoms with Gasteiger partial charge in [0.1, 0.15) is 13.2 Å². The molecule has 0 bridgehead atoms. The Bertz CT molecular complexity index is 1470. The Morgan fingerprint density at radius 1 is 0.304 bits per heavy atom. The zero-order valence-corrected chi connectivity index (χ0v) is 44.5. The summed E-state index contributed by atoms with van der Waals surface area (Å²) in [4.78, 5) is 38.1. The molecule has 1 atom stereocenters. The van der Waals surface area contributed by atoms with Gasteiger partial charge in [0.2, 0.25) is 0 Å². The molecule has 0 rings (SSSR count). The average Bonchev–Trinajstić information content (AvgIpc) is 3.35. The van der Waals surface area contributed by atoms with Crippen molar-refractivity contribution in [2.75, 3.05) is 13.2 Å². The molecule has 0 spiro atoms. The van der Waals surface area contributed by atoms with Crippen molar-refractivity contribution >= 4 is 17.9 Å². The number of allylic oxidation sites excluding steroid dienone is 20. The Morgan fingerprint density at radius 2 is 0.594 bits per heavy atom. The third-order valence-corrected chi connectivity index (χ3v) is 11.4. The quantitative estimate of drug-likeness (QED) is 0.0262. The van der Waals surface area contributed by atoms with Gasteiger partial charge in [0.15, 0.2) is 6.10 Å². The summed E-state index contributed by atoms with van der Waals surface area (Å²) in [6.45, 7) is 6.39. The molecule has 0 amide bonds. The van der Waals surface area contributed by atoms with E-state index >= 15 is 0 Å². The number of esters is 3. The van der Waals surface area contributed by atoms with Gasteiger partial charge in [-0.05, 0) is 122 Å². The molecular formula is C63H102O6. The van der Waals surface area contributed by atoms with Gasteiger partial charge in [-0.3, -0.25) is 14.4 Å². The molecule has 1 unspecified atom stereocenters.